The van der Waals surface area contributed by atoms with Crippen molar-refractivity contribution in [2.45, 2.75) is 39.7 Å². The number of esters is 2. The molecule has 4 nitrogen and oxygen atoms in total. The predicted molar refractivity (Wildman–Crippen MR) is 71.9 cm³/mol. The molecule has 0 bridgehead atoms. The lowest BCUT2D eigenvalue weighted by atomic mass is 9.97. The van der Waals surface area contributed by atoms with Crippen LogP contribution in [0.4, 0.5) is 0 Å². The number of rotatable bonds is 4. The summed E-state index contributed by atoms with van der Waals surface area (Å²) >= 11 is 2.21. The number of alkyl halides is 1. The zero-order valence-electron chi connectivity index (χ0n) is 10.5. The molecule has 1 rings (SSSR count). The Morgan fingerprint density at radius 2 is 2.18 bits per heavy atom. The highest BCUT2D eigenvalue weighted by molar-refractivity contribution is 14.1. The third-order valence-corrected chi connectivity index (χ3v) is 3.59. The molecule has 98 valence electrons. The number of cyclic esters (lactones) is 1. The normalized spacial score (nSPS) is 24.6. The van der Waals surface area contributed by atoms with Gasteiger partial charge >= 0.3 is 11.9 Å². The summed E-state index contributed by atoms with van der Waals surface area (Å²) in [5, 5.41) is 0. The molecule has 0 aliphatic carbocycles. The fraction of sp³-hybridized carbons (Fsp3) is 0.833. The van der Waals surface area contributed by atoms with Gasteiger partial charge in [-0.1, -0.05) is 22.6 Å². The lowest BCUT2D eigenvalue weighted by Crippen LogP contribution is -2.25. The van der Waals surface area contributed by atoms with Crippen LogP contribution in [-0.2, 0) is 19.1 Å². The van der Waals surface area contributed by atoms with E-state index in [1.54, 1.807) is 0 Å². The van der Waals surface area contributed by atoms with Crippen molar-refractivity contribution in [3.8, 4) is 0 Å². The Hall–Kier alpha value is -0.330. The molecule has 2 atom stereocenters. The molecule has 0 aromatic carbocycles. The number of carbonyl (C=O) groups is 2. The van der Waals surface area contributed by atoms with E-state index in [1.165, 1.54) is 0 Å². The average Bonchev–Trinajstić information content (AvgIpc) is 2.57. The minimum absolute atomic E-state index is 0.0172. The number of carbonyl (C=O) groups excluding carboxylic acids is 2. The van der Waals surface area contributed by atoms with Crippen molar-refractivity contribution < 1.29 is 19.1 Å². The molecule has 1 fully saturated rings. The van der Waals surface area contributed by atoms with Crippen molar-refractivity contribution in [1.82, 2.24) is 0 Å². The van der Waals surface area contributed by atoms with E-state index in [4.69, 9.17) is 9.47 Å². The van der Waals surface area contributed by atoms with E-state index in [0.29, 0.717) is 19.4 Å². The highest BCUT2D eigenvalue weighted by atomic mass is 127. The summed E-state index contributed by atoms with van der Waals surface area (Å²) in [6, 6.07) is 0. The molecule has 0 aromatic rings. The van der Waals surface area contributed by atoms with Gasteiger partial charge in [0, 0.05) is 10.3 Å². The minimum Gasteiger partial charge on any atom is -0.465 e. The van der Waals surface area contributed by atoms with Crippen LogP contribution < -0.4 is 0 Å². The molecule has 0 aromatic heterocycles. The first kappa shape index (κ1) is 14.7. The third-order valence-electron chi connectivity index (χ3n) is 2.72. The topological polar surface area (TPSA) is 52.6 Å². The first-order chi connectivity index (χ1) is 7.84. The summed E-state index contributed by atoms with van der Waals surface area (Å²) in [7, 11) is 0. The molecule has 17 heavy (non-hydrogen) atoms. The van der Waals surface area contributed by atoms with Crippen LogP contribution in [0.2, 0.25) is 0 Å². The number of hydrogen-bond acceptors (Lipinski definition) is 4. The van der Waals surface area contributed by atoms with E-state index in [9.17, 15) is 9.59 Å². The van der Waals surface area contributed by atoms with Crippen LogP contribution in [0.25, 0.3) is 0 Å². The molecule has 0 saturated carbocycles. The van der Waals surface area contributed by atoms with Crippen LogP contribution in [0.15, 0.2) is 0 Å². The van der Waals surface area contributed by atoms with E-state index in [1.807, 2.05) is 20.8 Å². The summed E-state index contributed by atoms with van der Waals surface area (Å²) in [6.45, 7) is 5.84. The molecule has 1 aliphatic rings. The van der Waals surface area contributed by atoms with Gasteiger partial charge in [-0.05, 0) is 27.2 Å². The monoisotopic (exact) mass is 354 g/mol. The molecule has 0 N–H and O–H groups in total. The zero-order valence-corrected chi connectivity index (χ0v) is 12.7. The van der Waals surface area contributed by atoms with Gasteiger partial charge in [0.25, 0.3) is 0 Å². The molecule has 5 heteroatoms. The van der Waals surface area contributed by atoms with Gasteiger partial charge in [-0.2, -0.15) is 0 Å². The van der Waals surface area contributed by atoms with Crippen LogP contribution >= 0.6 is 22.6 Å². The van der Waals surface area contributed by atoms with Crippen molar-refractivity contribution in [1.29, 1.82) is 0 Å². The molecule has 0 unspecified atom stereocenters. The lowest BCUT2D eigenvalue weighted by Gasteiger charge is -2.18. The van der Waals surface area contributed by atoms with E-state index < -0.39 is 5.41 Å². The van der Waals surface area contributed by atoms with Crippen molar-refractivity contribution in [3.05, 3.63) is 0 Å². The van der Waals surface area contributed by atoms with Gasteiger partial charge in [-0.15, -0.1) is 0 Å². The maximum Gasteiger partial charge on any atom is 0.311 e. The van der Waals surface area contributed by atoms with Crippen LogP contribution in [0.1, 0.15) is 33.6 Å². The SMILES string of the molecule is CC(C)(C)C(=O)OCC[C@@H]1CC(=O)O[C@H]1CI. The van der Waals surface area contributed by atoms with E-state index in [0.717, 1.165) is 4.43 Å². The van der Waals surface area contributed by atoms with Gasteiger partial charge in [0.2, 0.25) is 0 Å². The van der Waals surface area contributed by atoms with Gasteiger partial charge in [0.1, 0.15) is 6.10 Å². The highest BCUT2D eigenvalue weighted by Crippen LogP contribution is 2.27. The number of ether oxygens (including phenoxy) is 2. The second-order valence-electron chi connectivity index (χ2n) is 5.32. The Labute approximate surface area is 116 Å². The molecule has 1 aliphatic heterocycles. The highest BCUT2D eigenvalue weighted by Gasteiger charge is 2.34. The summed E-state index contributed by atoms with van der Waals surface area (Å²) in [6.07, 6.45) is 1.12. The van der Waals surface area contributed by atoms with Gasteiger partial charge in [0.05, 0.1) is 18.4 Å². The van der Waals surface area contributed by atoms with Crippen LogP contribution in [0.3, 0.4) is 0 Å². The second kappa shape index (κ2) is 6.02. The smallest absolute Gasteiger partial charge is 0.311 e. The van der Waals surface area contributed by atoms with E-state index >= 15 is 0 Å². The molecule has 1 heterocycles. The van der Waals surface area contributed by atoms with Gasteiger partial charge < -0.3 is 9.47 Å². The Balaban J connectivity index is 2.32. The quantitative estimate of drug-likeness (QED) is 0.442. The van der Waals surface area contributed by atoms with Crippen molar-refractivity contribution in [3.63, 3.8) is 0 Å². The minimum atomic E-state index is -0.468. The Morgan fingerprint density at radius 1 is 1.53 bits per heavy atom. The molecular formula is C12H19IO4. The van der Waals surface area contributed by atoms with Crippen LogP contribution in [0.5, 0.6) is 0 Å². The standard InChI is InChI=1S/C12H19IO4/c1-12(2,3)11(15)16-5-4-8-6-10(14)17-9(8)7-13/h8-9H,4-7H2,1-3H3/t8-,9+/m1/s1. The summed E-state index contributed by atoms with van der Waals surface area (Å²) in [5.74, 6) is -0.153. The van der Waals surface area contributed by atoms with Crippen LogP contribution in [-0.4, -0.2) is 29.1 Å². The maximum absolute atomic E-state index is 11.5. The molecule has 0 amide bonds. The fourth-order valence-electron chi connectivity index (χ4n) is 1.62. The molecule has 1 saturated heterocycles. The molecule has 0 radical (unpaired) electrons. The van der Waals surface area contributed by atoms with Crippen molar-refractivity contribution in [2.24, 2.45) is 11.3 Å². The summed E-state index contributed by atoms with van der Waals surface area (Å²) in [5.41, 5.74) is -0.468. The molecule has 0 spiro atoms. The second-order valence-corrected chi connectivity index (χ2v) is 6.20. The van der Waals surface area contributed by atoms with Crippen molar-refractivity contribution >= 4 is 34.5 Å². The Bertz CT molecular complexity index is 295. The first-order valence-corrected chi connectivity index (χ1v) is 7.30. The fourth-order valence-corrected chi connectivity index (χ4v) is 2.52. The first-order valence-electron chi connectivity index (χ1n) is 5.77. The average molecular weight is 354 g/mol. The van der Waals surface area contributed by atoms with E-state index in [2.05, 4.69) is 22.6 Å². The van der Waals surface area contributed by atoms with Gasteiger partial charge in [-0.25, -0.2) is 0 Å². The maximum atomic E-state index is 11.5. The Kier molecular flexibility index (Phi) is 5.22. The Morgan fingerprint density at radius 3 is 2.71 bits per heavy atom. The number of hydrogen-bond donors (Lipinski definition) is 0. The van der Waals surface area contributed by atoms with Crippen LogP contribution in [0, 0.1) is 11.3 Å². The third kappa shape index (κ3) is 4.44. The molecular weight excluding hydrogens is 335 g/mol. The summed E-state index contributed by atoms with van der Waals surface area (Å²) < 4.78 is 11.1. The van der Waals surface area contributed by atoms with Crippen molar-refractivity contribution in [2.75, 3.05) is 11.0 Å². The van der Waals surface area contributed by atoms with Gasteiger partial charge in [-0.3, -0.25) is 9.59 Å². The number of halogens is 1. The largest absolute Gasteiger partial charge is 0.465 e. The lowest BCUT2D eigenvalue weighted by molar-refractivity contribution is -0.153. The zero-order chi connectivity index (χ0) is 13.1. The predicted octanol–water partition coefficient (Wildman–Crippen LogP) is 2.33. The summed E-state index contributed by atoms with van der Waals surface area (Å²) in [4.78, 5) is 22.7. The van der Waals surface area contributed by atoms with E-state index in [-0.39, 0.29) is 24.0 Å². The van der Waals surface area contributed by atoms with Gasteiger partial charge in [0.15, 0.2) is 0 Å².